The van der Waals surface area contributed by atoms with Crippen molar-refractivity contribution in [2.75, 3.05) is 0 Å². The van der Waals surface area contributed by atoms with Crippen LogP contribution in [0.4, 0.5) is 22.0 Å². The second kappa shape index (κ2) is 12.2. The van der Waals surface area contributed by atoms with Gasteiger partial charge in [0.05, 0.1) is 36.1 Å². The summed E-state index contributed by atoms with van der Waals surface area (Å²) < 4.78 is 70.2. The van der Waals surface area contributed by atoms with Crippen LogP contribution in [-0.4, -0.2) is 48.3 Å². The molecule has 3 aromatic rings. The molecule has 5 rings (SSSR count). The number of nitrogens with one attached hydrogen (secondary N) is 2. The SMILES string of the molecule is CCn1nccc1C(=O)N[C@H](c1cn2ncc([C@H](NC(=O)C[C@@H](C)C(F)(F)F)C3CCC3)cc2n1)C1CCC(F)(F)CC1. The molecule has 3 heterocycles. The predicted molar refractivity (Wildman–Crippen MR) is 146 cm³/mol. The fraction of sp³-hybridized carbons (Fsp3) is 0.621. The van der Waals surface area contributed by atoms with Gasteiger partial charge in [-0.25, -0.2) is 18.3 Å². The highest BCUT2D eigenvalue weighted by molar-refractivity contribution is 5.92. The van der Waals surface area contributed by atoms with Gasteiger partial charge in [-0.05, 0) is 62.1 Å². The Balaban J connectivity index is 1.41. The normalized spacial score (nSPS) is 19.9. The highest BCUT2D eigenvalue weighted by Gasteiger charge is 2.40. The summed E-state index contributed by atoms with van der Waals surface area (Å²) in [5.74, 6) is -5.83. The summed E-state index contributed by atoms with van der Waals surface area (Å²) in [6, 6.07) is 2.13. The van der Waals surface area contributed by atoms with E-state index in [-0.39, 0.29) is 37.5 Å². The molecule has 234 valence electrons. The molecule has 0 saturated heterocycles. The van der Waals surface area contributed by atoms with E-state index in [9.17, 15) is 31.5 Å². The molecule has 2 fully saturated rings. The van der Waals surface area contributed by atoms with Gasteiger partial charge in [0.25, 0.3) is 5.91 Å². The quantitative estimate of drug-likeness (QED) is 0.283. The van der Waals surface area contributed by atoms with E-state index in [2.05, 4.69) is 20.8 Å². The number of alkyl halides is 5. The minimum atomic E-state index is -4.47. The second-order valence-corrected chi connectivity index (χ2v) is 11.8. The Morgan fingerprint density at radius 1 is 1.07 bits per heavy atom. The fourth-order valence-electron chi connectivity index (χ4n) is 5.92. The van der Waals surface area contributed by atoms with Crippen LogP contribution >= 0.6 is 0 Å². The maximum absolute atomic E-state index is 14.0. The molecule has 9 nitrogen and oxygen atoms in total. The predicted octanol–water partition coefficient (Wildman–Crippen LogP) is 5.79. The largest absolute Gasteiger partial charge is 0.392 e. The third-order valence-corrected chi connectivity index (χ3v) is 8.79. The summed E-state index contributed by atoms with van der Waals surface area (Å²) in [7, 11) is 0. The number of rotatable bonds is 10. The van der Waals surface area contributed by atoms with E-state index in [1.54, 1.807) is 29.2 Å². The molecular weight excluding hydrogens is 573 g/mol. The lowest BCUT2D eigenvalue weighted by Gasteiger charge is -2.34. The zero-order chi connectivity index (χ0) is 30.9. The summed E-state index contributed by atoms with van der Waals surface area (Å²) in [5, 5.41) is 14.4. The van der Waals surface area contributed by atoms with Crippen LogP contribution in [0.1, 0.15) is 99.0 Å². The zero-order valence-corrected chi connectivity index (χ0v) is 24.1. The molecule has 0 radical (unpaired) electrons. The Hall–Kier alpha value is -3.58. The molecule has 2 saturated carbocycles. The van der Waals surface area contributed by atoms with E-state index in [1.165, 1.54) is 10.7 Å². The molecule has 3 aromatic heterocycles. The van der Waals surface area contributed by atoms with Crippen molar-refractivity contribution in [2.45, 2.75) is 95.9 Å². The number of fused-ring (bicyclic) bond motifs is 1. The number of aryl methyl sites for hydroxylation is 1. The third kappa shape index (κ3) is 6.98. The molecule has 2 aliphatic rings. The van der Waals surface area contributed by atoms with Gasteiger partial charge < -0.3 is 10.6 Å². The zero-order valence-electron chi connectivity index (χ0n) is 24.1. The van der Waals surface area contributed by atoms with Crippen LogP contribution in [0.3, 0.4) is 0 Å². The van der Waals surface area contributed by atoms with Crippen LogP contribution in [0.25, 0.3) is 5.65 Å². The molecule has 14 heteroatoms. The molecule has 0 spiro atoms. The molecule has 0 aromatic carbocycles. The first kappa shape index (κ1) is 30.9. The molecule has 0 aliphatic heterocycles. The van der Waals surface area contributed by atoms with E-state index >= 15 is 0 Å². The topological polar surface area (TPSA) is 106 Å². The second-order valence-electron chi connectivity index (χ2n) is 11.8. The first-order valence-electron chi connectivity index (χ1n) is 14.8. The number of imidazole rings is 1. The van der Waals surface area contributed by atoms with Crippen LogP contribution in [0.5, 0.6) is 0 Å². The van der Waals surface area contributed by atoms with Crippen molar-refractivity contribution in [3.05, 3.63) is 47.7 Å². The summed E-state index contributed by atoms with van der Waals surface area (Å²) in [6.07, 6.45) is 2.00. The number of carbonyl (C=O) groups excluding carboxylic acids is 2. The summed E-state index contributed by atoms with van der Waals surface area (Å²) in [6.45, 7) is 3.31. The molecule has 2 amide bonds. The Bertz CT molecular complexity index is 1440. The minimum Gasteiger partial charge on any atom is -0.349 e. The van der Waals surface area contributed by atoms with Gasteiger partial charge >= 0.3 is 6.18 Å². The van der Waals surface area contributed by atoms with Crippen molar-refractivity contribution in [2.24, 2.45) is 17.8 Å². The van der Waals surface area contributed by atoms with E-state index in [0.717, 1.165) is 26.2 Å². The summed E-state index contributed by atoms with van der Waals surface area (Å²) >= 11 is 0. The smallest absolute Gasteiger partial charge is 0.349 e. The van der Waals surface area contributed by atoms with Gasteiger partial charge in [0.2, 0.25) is 11.8 Å². The van der Waals surface area contributed by atoms with Crippen LogP contribution in [-0.2, 0) is 11.3 Å². The van der Waals surface area contributed by atoms with E-state index in [0.29, 0.717) is 29.1 Å². The molecule has 2 N–H and O–H groups in total. The van der Waals surface area contributed by atoms with Gasteiger partial charge in [0.1, 0.15) is 5.69 Å². The summed E-state index contributed by atoms with van der Waals surface area (Å²) in [5.41, 5.74) is 1.83. The van der Waals surface area contributed by atoms with Gasteiger partial charge in [0.15, 0.2) is 5.65 Å². The van der Waals surface area contributed by atoms with Crippen molar-refractivity contribution in [3.63, 3.8) is 0 Å². The van der Waals surface area contributed by atoms with E-state index in [1.807, 2.05) is 6.92 Å². The molecule has 43 heavy (non-hydrogen) atoms. The number of hydrogen-bond acceptors (Lipinski definition) is 5. The van der Waals surface area contributed by atoms with Crippen molar-refractivity contribution in [1.29, 1.82) is 0 Å². The van der Waals surface area contributed by atoms with Crippen molar-refractivity contribution in [3.8, 4) is 0 Å². The van der Waals surface area contributed by atoms with E-state index < -0.39 is 48.3 Å². The molecule has 2 aliphatic carbocycles. The number of aromatic nitrogens is 5. The third-order valence-electron chi connectivity index (χ3n) is 8.79. The Labute approximate surface area is 245 Å². The Morgan fingerprint density at radius 2 is 1.77 bits per heavy atom. The van der Waals surface area contributed by atoms with Gasteiger partial charge in [-0.1, -0.05) is 13.3 Å². The van der Waals surface area contributed by atoms with E-state index in [4.69, 9.17) is 4.98 Å². The molecule has 0 bridgehead atoms. The fourth-order valence-corrected chi connectivity index (χ4v) is 5.92. The van der Waals surface area contributed by atoms with Crippen LogP contribution in [0.2, 0.25) is 0 Å². The molecular formula is C29H36F5N7O2. The van der Waals surface area contributed by atoms with Crippen LogP contribution in [0, 0.1) is 17.8 Å². The highest BCUT2D eigenvalue weighted by Crippen LogP contribution is 2.42. The number of nitrogens with zero attached hydrogens (tertiary/aromatic N) is 5. The Morgan fingerprint density at radius 3 is 2.40 bits per heavy atom. The first-order valence-corrected chi connectivity index (χ1v) is 14.8. The van der Waals surface area contributed by atoms with Crippen molar-refractivity contribution >= 4 is 17.5 Å². The standard InChI is InChI=1S/C29H36F5N7O2/c1-3-40-22(9-12-35-40)27(43)39-26(19-7-10-28(30,31)11-8-19)21-16-41-23(37-21)14-20(15-36-41)25(18-5-4-6-18)38-24(42)13-17(2)29(32,33)34/h9,12,14-19,25-26H,3-8,10-11,13H2,1-2H3,(H,38,42)(H,39,43)/t17-,25-,26+/m1/s1. The number of carbonyl (C=O) groups is 2. The Kier molecular flexibility index (Phi) is 8.75. The van der Waals surface area contributed by atoms with Crippen LogP contribution in [0.15, 0.2) is 30.7 Å². The summed E-state index contributed by atoms with van der Waals surface area (Å²) in [4.78, 5) is 30.6. The molecule has 3 atom stereocenters. The number of amides is 2. The van der Waals surface area contributed by atoms with Crippen molar-refractivity contribution < 1.29 is 31.5 Å². The lowest BCUT2D eigenvalue weighted by molar-refractivity contribution is -0.174. The highest BCUT2D eigenvalue weighted by atomic mass is 19.4. The average molecular weight is 610 g/mol. The lowest BCUT2D eigenvalue weighted by atomic mass is 9.77. The number of hydrogen-bond donors (Lipinski definition) is 2. The van der Waals surface area contributed by atoms with Crippen molar-refractivity contribution in [1.82, 2.24) is 35.0 Å². The monoisotopic (exact) mass is 609 g/mol. The van der Waals surface area contributed by atoms with Gasteiger partial charge in [-0.2, -0.15) is 23.4 Å². The first-order chi connectivity index (χ1) is 20.3. The van der Waals surface area contributed by atoms with Gasteiger partial charge in [-0.3, -0.25) is 14.3 Å². The van der Waals surface area contributed by atoms with Gasteiger partial charge in [-0.15, -0.1) is 0 Å². The van der Waals surface area contributed by atoms with Gasteiger partial charge in [0, 0.05) is 32.0 Å². The minimum absolute atomic E-state index is 0.0585. The van der Waals surface area contributed by atoms with Crippen LogP contribution < -0.4 is 10.6 Å². The maximum Gasteiger partial charge on any atom is 0.392 e. The lowest BCUT2D eigenvalue weighted by Crippen LogP contribution is -2.38. The average Bonchev–Trinajstić information content (AvgIpc) is 3.56. The molecule has 0 unspecified atom stereocenters. The number of halogens is 5. The maximum atomic E-state index is 14.0.